The standard InChI is InChI=1S/C18H23N3O2.ClH/c22-17(12-1-2-12)20-14-5-3-13(4-6-14)18(23)21-15-7-8-16(21)11-19-10-9-15;/h3-6,12,15-16,19H,1-2,7-11H2,(H,20,22);1H. The van der Waals surface area contributed by atoms with E-state index in [1.54, 1.807) is 0 Å². The lowest BCUT2D eigenvalue weighted by molar-refractivity contribution is -0.117. The minimum atomic E-state index is 0. The third kappa shape index (κ3) is 3.42. The summed E-state index contributed by atoms with van der Waals surface area (Å²) in [7, 11) is 0. The summed E-state index contributed by atoms with van der Waals surface area (Å²) in [6.07, 6.45) is 5.24. The van der Waals surface area contributed by atoms with Crippen LogP contribution in [0.1, 0.15) is 42.5 Å². The Bertz CT molecular complexity index is 601. The van der Waals surface area contributed by atoms with Gasteiger partial charge in [-0.05, 0) is 62.9 Å². The molecule has 2 atom stereocenters. The number of carbonyl (C=O) groups is 2. The number of carbonyl (C=O) groups excluding carboxylic acids is 2. The summed E-state index contributed by atoms with van der Waals surface area (Å²) in [6, 6.07) is 8.04. The molecule has 1 saturated carbocycles. The minimum absolute atomic E-state index is 0. The molecule has 4 rings (SSSR count). The molecule has 6 heteroatoms. The highest BCUT2D eigenvalue weighted by Gasteiger charge is 2.38. The fourth-order valence-corrected chi connectivity index (χ4v) is 3.75. The maximum atomic E-state index is 12.9. The molecule has 24 heavy (non-hydrogen) atoms. The summed E-state index contributed by atoms with van der Waals surface area (Å²) >= 11 is 0. The van der Waals surface area contributed by atoms with Gasteiger partial charge in [-0.25, -0.2) is 0 Å². The Labute approximate surface area is 148 Å². The molecule has 2 saturated heterocycles. The fraction of sp³-hybridized carbons (Fsp3) is 0.556. The predicted octanol–water partition coefficient (Wildman–Crippen LogP) is 2.42. The van der Waals surface area contributed by atoms with Crippen molar-refractivity contribution in [3.63, 3.8) is 0 Å². The molecule has 2 bridgehead atoms. The zero-order chi connectivity index (χ0) is 15.8. The van der Waals surface area contributed by atoms with E-state index in [1.165, 1.54) is 0 Å². The van der Waals surface area contributed by atoms with E-state index in [2.05, 4.69) is 15.5 Å². The molecule has 0 radical (unpaired) electrons. The molecule has 2 heterocycles. The molecule has 3 aliphatic rings. The van der Waals surface area contributed by atoms with E-state index < -0.39 is 0 Å². The number of nitrogens with zero attached hydrogens (tertiary/aromatic N) is 1. The molecule has 2 unspecified atom stereocenters. The van der Waals surface area contributed by atoms with Crippen molar-refractivity contribution in [2.24, 2.45) is 5.92 Å². The maximum absolute atomic E-state index is 12.9. The van der Waals surface area contributed by atoms with Crippen molar-refractivity contribution in [1.82, 2.24) is 10.2 Å². The van der Waals surface area contributed by atoms with Crippen LogP contribution in [0.25, 0.3) is 0 Å². The molecule has 0 spiro atoms. The van der Waals surface area contributed by atoms with Crippen LogP contribution in [-0.2, 0) is 4.79 Å². The second-order valence-corrected chi connectivity index (χ2v) is 6.93. The third-order valence-corrected chi connectivity index (χ3v) is 5.24. The first kappa shape index (κ1) is 17.2. The Morgan fingerprint density at radius 2 is 1.71 bits per heavy atom. The predicted molar refractivity (Wildman–Crippen MR) is 95.5 cm³/mol. The number of anilines is 1. The van der Waals surface area contributed by atoms with E-state index in [9.17, 15) is 9.59 Å². The topological polar surface area (TPSA) is 61.4 Å². The van der Waals surface area contributed by atoms with Gasteiger partial charge < -0.3 is 15.5 Å². The number of halogens is 1. The van der Waals surface area contributed by atoms with Crippen molar-refractivity contribution in [2.45, 2.75) is 44.2 Å². The van der Waals surface area contributed by atoms with Crippen molar-refractivity contribution in [2.75, 3.05) is 18.4 Å². The quantitative estimate of drug-likeness (QED) is 0.881. The van der Waals surface area contributed by atoms with Crippen molar-refractivity contribution in [1.29, 1.82) is 0 Å². The Morgan fingerprint density at radius 3 is 2.42 bits per heavy atom. The van der Waals surface area contributed by atoms with Gasteiger partial charge in [-0.1, -0.05) is 0 Å². The SMILES string of the molecule is Cl.O=C(Nc1ccc(C(=O)N2C3CCNCC2CC3)cc1)C1CC1. The van der Waals surface area contributed by atoms with Gasteiger partial charge in [0, 0.05) is 35.8 Å². The number of nitrogens with one attached hydrogen (secondary N) is 2. The van der Waals surface area contributed by atoms with E-state index in [0.717, 1.165) is 50.9 Å². The maximum Gasteiger partial charge on any atom is 0.254 e. The van der Waals surface area contributed by atoms with Crippen LogP contribution in [0.5, 0.6) is 0 Å². The van der Waals surface area contributed by atoms with Crippen LogP contribution < -0.4 is 10.6 Å². The van der Waals surface area contributed by atoms with Gasteiger partial charge >= 0.3 is 0 Å². The number of hydrogen-bond donors (Lipinski definition) is 2. The van der Waals surface area contributed by atoms with E-state index in [4.69, 9.17) is 0 Å². The monoisotopic (exact) mass is 349 g/mol. The molecule has 5 nitrogen and oxygen atoms in total. The van der Waals surface area contributed by atoms with Crippen molar-refractivity contribution < 1.29 is 9.59 Å². The first-order valence-electron chi connectivity index (χ1n) is 8.66. The van der Waals surface area contributed by atoms with Gasteiger partial charge in [0.15, 0.2) is 0 Å². The summed E-state index contributed by atoms with van der Waals surface area (Å²) in [6.45, 7) is 1.90. The van der Waals surface area contributed by atoms with Crippen molar-refractivity contribution in [3.8, 4) is 0 Å². The lowest BCUT2D eigenvalue weighted by atomic mass is 10.1. The summed E-state index contributed by atoms with van der Waals surface area (Å²) < 4.78 is 0. The number of rotatable bonds is 3. The van der Waals surface area contributed by atoms with Crippen LogP contribution in [0.4, 0.5) is 5.69 Å². The molecule has 130 valence electrons. The molecule has 0 aromatic heterocycles. The van der Waals surface area contributed by atoms with Gasteiger partial charge in [-0.2, -0.15) is 0 Å². The van der Waals surface area contributed by atoms with Gasteiger partial charge in [-0.15, -0.1) is 12.4 Å². The Kier molecular flexibility index (Phi) is 5.11. The van der Waals surface area contributed by atoms with Gasteiger partial charge in [-0.3, -0.25) is 9.59 Å². The van der Waals surface area contributed by atoms with Gasteiger partial charge in [0.2, 0.25) is 5.91 Å². The zero-order valence-corrected chi connectivity index (χ0v) is 14.5. The second-order valence-electron chi connectivity index (χ2n) is 6.93. The van der Waals surface area contributed by atoms with Crippen molar-refractivity contribution >= 4 is 29.9 Å². The average Bonchev–Trinajstić information content (AvgIpc) is 3.33. The number of fused-ring (bicyclic) bond motifs is 2. The number of benzene rings is 1. The van der Waals surface area contributed by atoms with Crippen LogP contribution in [0.15, 0.2) is 24.3 Å². The first-order valence-corrected chi connectivity index (χ1v) is 8.66. The highest BCUT2D eigenvalue weighted by atomic mass is 35.5. The minimum Gasteiger partial charge on any atom is -0.331 e. The van der Waals surface area contributed by atoms with Crippen LogP contribution in [0, 0.1) is 5.92 Å². The Balaban J connectivity index is 0.00000169. The lowest BCUT2D eigenvalue weighted by Gasteiger charge is -2.28. The molecule has 2 N–H and O–H groups in total. The lowest BCUT2D eigenvalue weighted by Crippen LogP contribution is -2.42. The Morgan fingerprint density at radius 1 is 1.00 bits per heavy atom. The molecular formula is C18H24ClN3O2. The largest absolute Gasteiger partial charge is 0.331 e. The summed E-state index contributed by atoms with van der Waals surface area (Å²) in [5.41, 5.74) is 1.49. The molecule has 1 aromatic carbocycles. The first-order chi connectivity index (χ1) is 11.2. The number of hydrogen-bond acceptors (Lipinski definition) is 3. The number of amides is 2. The van der Waals surface area contributed by atoms with Crippen LogP contribution in [0.2, 0.25) is 0 Å². The smallest absolute Gasteiger partial charge is 0.254 e. The van der Waals surface area contributed by atoms with Crippen molar-refractivity contribution in [3.05, 3.63) is 29.8 Å². The summed E-state index contributed by atoms with van der Waals surface area (Å²) in [5, 5.41) is 6.34. The van der Waals surface area contributed by atoms with E-state index in [1.807, 2.05) is 24.3 Å². The van der Waals surface area contributed by atoms with Crippen LogP contribution in [-0.4, -0.2) is 41.9 Å². The molecule has 3 fully saturated rings. The molecular weight excluding hydrogens is 326 g/mol. The molecule has 1 aromatic rings. The van der Waals surface area contributed by atoms with Crippen LogP contribution in [0.3, 0.4) is 0 Å². The highest BCUT2D eigenvalue weighted by molar-refractivity contribution is 5.97. The average molecular weight is 350 g/mol. The fourth-order valence-electron chi connectivity index (χ4n) is 3.75. The summed E-state index contributed by atoms with van der Waals surface area (Å²) in [4.78, 5) is 26.7. The van der Waals surface area contributed by atoms with Gasteiger partial charge in [0.05, 0.1) is 0 Å². The Hall–Kier alpha value is -1.59. The summed E-state index contributed by atoms with van der Waals surface area (Å²) in [5.74, 6) is 0.415. The molecule has 1 aliphatic carbocycles. The highest BCUT2D eigenvalue weighted by Crippen LogP contribution is 2.31. The van der Waals surface area contributed by atoms with Crippen LogP contribution >= 0.6 is 12.4 Å². The third-order valence-electron chi connectivity index (χ3n) is 5.24. The van der Waals surface area contributed by atoms with Gasteiger partial charge in [0.1, 0.15) is 0 Å². The van der Waals surface area contributed by atoms with E-state index in [0.29, 0.717) is 17.6 Å². The second kappa shape index (κ2) is 7.11. The molecule has 2 amide bonds. The normalized spacial score (nSPS) is 25.6. The zero-order valence-electron chi connectivity index (χ0n) is 13.7. The van der Waals surface area contributed by atoms with E-state index in [-0.39, 0.29) is 30.1 Å². The molecule has 2 aliphatic heterocycles. The van der Waals surface area contributed by atoms with Gasteiger partial charge in [0.25, 0.3) is 5.91 Å². The van der Waals surface area contributed by atoms with E-state index >= 15 is 0 Å².